The first-order valence-electron chi connectivity index (χ1n) is 8.16. The van der Waals surface area contributed by atoms with Crippen LogP contribution in [0.3, 0.4) is 0 Å². The van der Waals surface area contributed by atoms with Crippen molar-refractivity contribution in [1.82, 2.24) is 25.0 Å². The van der Waals surface area contributed by atoms with Crippen molar-refractivity contribution in [2.45, 2.75) is 13.1 Å². The van der Waals surface area contributed by atoms with E-state index in [9.17, 15) is 0 Å². The number of guanidine groups is 1. The van der Waals surface area contributed by atoms with Crippen LogP contribution in [-0.2, 0) is 13.1 Å². The van der Waals surface area contributed by atoms with Crippen molar-refractivity contribution in [3.63, 3.8) is 0 Å². The lowest BCUT2D eigenvalue weighted by Gasteiger charge is -2.18. The van der Waals surface area contributed by atoms with Crippen LogP contribution >= 0.6 is 24.0 Å². The molecule has 0 amide bonds. The zero-order chi connectivity index (χ0) is 17.5. The molecule has 0 aliphatic carbocycles. The summed E-state index contributed by atoms with van der Waals surface area (Å²) in [4.78, 5) is 10.6. The fraction of sp³-hybridized carbons (Fsp3) is 0.211. The van der Waals surface area contributed by atoms with Gasteiger partial charge in [0.1, 0.15) is 12.7 Å². The number of halogens is 1. The van der Waals surface area contributed by atoms with E-state index in [4.69, 9.17) is 0 Å². The van der Waals surface area contributed by atoms with E-state index >= 15 is 0 Å². The van der Waals surface area contributed by atoms with Crippen LogP contribution in [0.4, 0.5) is 0 Å². The summed E-state index contributed by atoms with van der Waals surface area (Å²) < 4.78 is 1.74. The van der Waals surface area contributed by atoms with Crippen molar-refractivity contribution in [2.24, 2.45) is 4.99 Å². The Bertz CT molecular complexity index is 798. The fourth-order valence-corrected chi connectivity index (χ4v) is 2.39. The van der Waals surface area contributed by atoms with Gasteiger partial charge in [0.25, 0.3) is 0 Å². The molecule has 3 rings (SSSR count). The third-order valence-corrected chi connectivity index (χ3v) is 3.75. The Hall–Kier alpha value is -2.42. The lowest BCUT2D eigenvalue weighted by atomic mass is 10.2. The van der Waals surface area contributed by atoms with Crippen molar-refractivity contribution in [3.8, 4) is 5.69 Å². The molecule has 6 nitrogen and oxygen atoms in total. The third kappa shape index (κ3) is 5.55. The minimum atomic E-state index is 0. The Morgan fingerprint density at radius 2 is 1.77 bits per heavy atom. The Kier molecular flexibility index (Phi) is 7.58. The monoisotopic (exact) mass is 462 g/mol. The average molecular weight is 462 g/mol. The van der Waals surface area contributed by atoms with Crippen LogP contribution in [-0.4, -0.2) is 39.7 Å². The number of nitrogens with one attached hydrogen (secondary N) is 1. The van der Waals surface area contributed by atoms with E-state index in [0.717, 1.165) is 11.6 Å². The number of hydrogen-bond donors (Lipinski definition) is 1. The lowest BCUT2D eigenvalue weighted by molar-refractivity contribution is 0.578. The molecule has 0 aliphatic rings. The molecule has 3 aromatic rings. The van der Waals surface area contributed by atoms with Crippen LogP contribution in [0.2, 0.25) is 0 Å². The van der Waals surface area contributed by atoms with Gasteiger partial charge in [0.2, 0.25) is 0 Å². The van der Waals surface area contributed by atoms with Gasteiger partial charge < -0.3 is 10.2 Å². The third-order valence-electron chi connectivity index (χ3n) is 3.75. The summed E-state index contributed by atoms with van der Waals surface area (Å²) in [6.45, 7) is 1.37. The average Bonchev–Trinajstić information content (AvgIpc) is 3.17. The molecular weight excluding hydrogens is 439 g/mol. The minimum Gasteiger partial charge on any atom is -0.352 e. The van der Waals surface area contributed by atoms with Crippen LogP contribution < -0.4 is 5.32 Å². The van der Waals surface area contributed by atoms with Gasteiger partial charge in [-0.1, -0.05) is 42.5 Å². The SMILES string of the molecule is CN(C)C(=NCc1ccccc1)NCc1ccc(-n2cncn2)cc1.I. The molecule has 1 aromatic heterocycles. The molecule has 0 atom stereocenters. The highest BCUT2D eigenvalue weighted by Crippen LogP contribution is 2.08. The zero-order valence-corrected chi connectivity index (χ0v) is 17.2. The first-order chi connectivity index (χ1) is 12.2. The maximum Gasteiger partial charge on any atom is 0.194 e. The Morgan fingerprint density at radius 1 is 1.04 bits per heavy atom. The Balaban J connectivity index is 0.00000243. The summed E-state index contributed by atoms with van der Waals surface area (Å²) >= 11 is 0. The second-order valence-electron chi connectivity index (χ2n) is 5.88. The molecule has 136 valence electrons. The van der Waals surface area contributed by atoms with Crippen LogP contribution in [0, 0.1) is 0 Å². The predicted molar refractivity (Wildman–Crippen MR) is 115 cm³/mol. The highest BCUT2D eigenvalue weighted by molar-refractivity contribution is 14.0. The van der Waals surface area contributed by atoms with Gasteiger partial charge in [0, 0.05) is 20.6 Å². The first-order valence-corrected chi connectivity index (χ1v) is 8.16. The molecule has 0 spiro atoms. The fourth-order valence-electron chi connectivity index (χ4n) is 2.39. The van der Waals surface area contributed by atoms with Gasteiger partial charge in [-0.25, -0.2) is 14.7 Å². The van der Waals surface area contributed by atoms with E-state index in [1.807, 2.05) is 49.3 Å². The van der Waals surface area contributed by atoms with Crippen molar-refractivity contribution in [1.29, 1.82) is 0 Å². The molecule has 1 heterocycles. The smallest absolute Gasteiger partial charge is 0.194 e. The second kappa shape index (κ2) is 9.91. The molecule has 7 heteroatoms. The van der Waals surface area contributed by atoms with Gasteiger partial charge in [0.15, 0.2) is 5.96 Å². The number of hydrogen-bond acceptors (Lipinski definition) is 3. The lowest BCUT2D eigenvalue weighted by Crippen LogP contribution is -2.36. The standard InChI is InChI=1S/C19H22N6.HI/c1-24(2)19(21-12-16-6-4-3-5-7-16)22-13-17-8-10-18(11-9-17)25-15-20-14-23-25;/h3-11,14-15H,12-13H2,1-2H3,(H,21,22);1H. The molecule has 0 aliphatic heterocycles. The van der Waals surface area contributed by atoms with Gasteiger partial charge in [-0.3, -0.25) is 0 Å². The second-order valence-corrected chi connectivity index (χ2v) is 5.88. The zero-order valence-electron chi connectivity index (χ0n) is 14.9. The topological polar surface area (TPSA) is 58.3 Å². The highest BCUT2D eigenvalue weighted by atomic mass is 127. The molecule has 0 bridgehead atoms. The molecule has 0 radical (unpaired) electrons. The highest BCUT2D eigenvalue weighted by Gasteiger charge is 2.03. The van der Waals surface area contributed by atoms with E-state index in [1.54, 1.807) is 11.0 Å². The Morgan fingerprint density at radius 3 is 2.38 bits per heavy atom. The molecular formula is C19H23IN6. The number of rotatable bonds is 5. The first kappa shape index (κ1) is 19.9. The molecule has 1 N–H and O–H groups in total. The largest absolute Gasteiger partial charge is 0.352 e. The minimum absolute atomic E-state index is 0. The molecule has 0 fully saturated rings. The van der Waals surface area contributed by atoms with Gasteiger partial charge in [-0.05, 0) is 23.3 Å². The molecule has 0 saturated heterocycles. The number of nitrogens with zero attached hydrogens (tertiary/aromatic N) is 5. The van der Waals surface area contributed by atoms with Crippen LogP contribution in [0.1, 0.15) is 11.1 Å². The van der Waals surface area contributed by atoms with Crippen LogP contribution in [0.5, 0.6) is 0 Å². The van der Waals surface area contributed by atoms with Gasteiger partial charge in [0.05, 0.1) is 12.2 Å². The Labute approximate surface area is 171 Å². The summed E-state index contributed by atoms with van der Waals surface area (Å²) in [5, 5.41) is 7.53. The van der Waals surface area contributed by atoms with E-state index in [-0.39, 0.29) is 24.0 Å². The van der Waals surface area contributed by atoms with Crippen LogP contribution in [0.25, 0.3) is 5.69 Å². The summed E-state index contributed by atoms with van der Waals surface area (Å²) in [7, 11) is 3.98. The summed E-state index contributed by atoms with van der Waals surface area (Å²) in [5.41, 5.74) is 3.37. The van der Waals surface area contributed by atoms with Crippen molar-refractivity contribution >= 4 is 29.9 Å². The molecule has 0 unspecified atom stereocenters. The number of benzene rings is 2. The molecule has 26 heavy (non-hydrogen) atoms. The number of aromatic nitrogens is 3. The van der Waals surface area contributed by atoms with Gasteiger partial charge in [-0.15, -0.1) is 24.0 Å². The predicted octanol–water partition coefficient (Wildman–Crippen LogP) is 3.09. The maximum atomic E-state index is 4.68. The van der Waals surface area contributed by atoms with Crippen molar-refractivity contribution < 1.29 is 0 Å². The maximum absolute atomic E-state index is 4.68. The van der Waals surface area contributed by atoms with E-state index < -0.39 is 0 Å². The van der Waals surface area contributed by atoms with E-state index in [0.29, 0.717) is 13.1 Å². The quantitative estimate of drug-likeness (QED) is 0.360. The van der Waals surface area contributed by atoms with Gasteiger partial charge in [-0.2, -0.15) is 5.10 Å². The van der Waals surface area contributed by atoms with Crippen LogP contribution in [0.15, 0.2) is 72.2 Å². The normalized spacial score (nSPS) is 10.9. The van der Waals surface area contributed by atoms with E-state index in [2.05, 4.69) is 44.7 Å². The molecule has 2 aromatic carbocycles. The summed E-state index contributed by atoms with van der Waals surface area (Å²) in [6.07, 6.45) is 3.22. The van der Waals surface area contributed by atoms with Crippen molar-refractivity contribution in [2.75, 3.05) is 14.1 Å². The van der Waals surface area contributed by atoms with Crippen molar-refractivity contribution in [3.05, 3.63) is 78.4 Å². The summed E-state index contributed by atoms with van der Waals surface area (Å²) in [6, 6.07) is 18.5. The molecule has 0 saturated carbocycles. The van der Waals surface area contributed by atoms with E-state index in [1.165, 1.54) is 17.5 Å². The summed E-state index contributed by atoms with van der Waals surface area (Å²) in [5.74, 6) is 0.865. The number of aliphatic imine (C=N–C) groups is 1. The van der Waals surface area contributed by atoms with Gasteiger partial charge >= 0.3 is 0 Å².